The number of morpholine rings is 1. The molecule has 2 aromatic rings. The van der Waals surface area contributed by atoms with Gasteiger partial charge in [-0.2, -0.15) is 0 Å². The van der Waals surface area contributed by atoms with Crippen LogP contribution in [0.3, 0.4) is 0 Å². The number of hydrogen-bond acceptors (Lipinski definition) is 6. The highest BCUT2D eigenvalue weighted by molar-refractivity contribution is 5.95. The minimum Gasteiger partial charge on any atom is -0.487 e. The molecule has 3 rings (SSSR count). The summed E-state index contributed by atoms with van der Waals surface area (Å²) >= 11 is 0. The van der Waals surface area contributed by atoms with Gasteiger partial charge in [-0.1, -0.05) is 12.1 Å². The molecule has 1 amide bonds. The molecule has 1 fully saturated rings. The van der Waals surface area contributed by atoms with E-state index < -0.39 is 10.8 Å². The van der Waals surface area contributed by atoms with Crippen LogP contribution >= 0.6 is 0 Å². The SMILES string of the molecule is CCOc1ccc(C(=O)NCC(c2ccc(F)cc2)N2CCOCC2)cc1[N+](=O)[O-]. The largest absolute Gasteiger partial charge is 0.487 e. The number of hydrogen-bond donors (Lipinski definition) is 1. The van der Waals surface area contributed by atoms with Crippen LogP contribution in [0.25, 0.3) is 0 Å². The van der Waals surface area contributed by atoms with Crippen LogP contribution in [-0.4, -0.2) is 55.2 Å². The standard InChI is InChI=1S/C21H24FN3O5/c1-2-30-20-8-5-16(13-18(20)25(27)28)21(26)23-14-19(24-9-11-29-12-10-24)15-3-6-17(22)7-4-15/h3-8,13,19H,2,9-12,14H2,1H3,(H,23,26). The maximum absolute atomic E-state index is 13.3. The van der Waals surface area contributed by atoms with Gasteiger partial charge in [-0.15, -0.1) is 0 Å². The second-order valence-corrected chi connectivity index (χ2v) is 6.80. The molecular formula is C21H24FN3O5. The molecule has 9 heteroatoms. The van der Waals surface area contributed by atoms with E-state index in [1.54, 1.807) is 19.1 Å². The number of benzene rings is 2. The molecule has 1 saturated heterocycles. The van der Waals surface area contributed by atoms with E-state index in [0.29, 0.717) is 26.3 Å². The molecular weight excluding hydrogens is 393 g/mol. The van der Waals surface area contributed by atoms with Crippen molar-refractivity contribution >= 4 is 11.6 Å². The highest BCUT2D eigenvalue weighted by Crippen LogP contribution is 2.28. The predicted octanol–water partition coefficient (Wildman–Crippen LogP) is 2.94. The third-order valence-corrected chi connectivity index (χ3v) is 4.91. The fraction of sp³-hybridized carbons (Fsp3) is 0.381. The molecule has 1 heterocycles. The van der Waals surface area contributed by atoms with Gasteiger partial charge in [0.2, 0.25) is 0 Å². The zero-order valence-electron chi connectivity index (χ0n) is 16.7. The van der Waals surface area contributed by atoms with Gasteiger partial charge in [-0.05, 0) is 36.8 Å². The second kappa shape index (κ2) is 10.1. The lowest BCUT2D eigenvalue weighted by atomic mass is 10.0. The van der Waals surface area contributed by atoms with Crippen molar-refractivity contribution in [1.29, 1.82) is 0 Å². The van der Waals surface area contributed by atoms with Crippen LogP contribution in [0.1, 0.15) is 28.9 Å². The Bertz CT molecular complexity index is 885. The first-order valence-electron chi connectivity index (χ1n) is 9.76. The lowest BCUT2D eigenvalue weighted by Gasteiger charge is -2.35. The van der Waals surface area contributed by atoms with Gasteiger partial charge in [-0.25, -0.2) is 4.39 Å². The highest BCUT2D eigenvalue weighted by atomic mass is 19.1. The first-order chi connectivity index (χ1) is 14.5. The van der Waals surface area contributed by atoms with Crippen molar-refractivity contribution in [1.82, 2.24) is 10.2 Å². The van der Waals surface area contributed by atoms with Gasteiger partial charge in [0, 0.05) is 31.3 Å². The molecule has 1 aliphatic heterocycles. The van der Waals surface area contributed by atoms with Crippen molar-refractivity contribution in [3.8, 4) is 5.75 Å². The van der Waals surface area contributed by atoms with Gasteiger partial charge in [0.1, 0.15) is 5.82 Å². The van der Waals surface area contributed by atoms with E-state index in [4.69, 9.17) is 9.47 Å². The van der Waals surface area contributed by atoms with Crippen molar-refractivity contribution in [2.45, 2.75) is 13.0 Å². The molecule has 160 valence electrons. The number of nitrogens with one attached hydrogen (secondary N) is 1. The molecule has 0 aromatic heterocycles. The first-order valence-corrected chi connectivity index (χ1v) is 9.76. The number of nitrogens with zero attached hydrogens (tertiary/aromatic N) is 2. The van der Waals surface area contributed by atoms with Crippen molar-refractivity contribution in [3.63, 3.8) is 0 Å². The normalized spacial score (nSPS) is 15.4. The first kappa shape index (κ1) is 21.7. The molecule has 1 unspecified atom stereocenters. The van der Waals surface area contributed by atoms with Crippen molar-refractivity contribution < 1.29 is 23.6 Å². The Morgan fingerprint density at radius 3 is 2.60 bits per heavy atom. The zero-order valence-corrected chi connectivity index (χ0v) is 16.7. The van der Waals surface area contributed by atoms with Gasteiger partial charge in [0.25, 0.3) is 5.91 Å². The van der Waals surface area contributed by atoms with Crippen LogP contribution in [0, 0.1) is 15.9 Å². The summed E-state index contributed by atoms with van der Waals surface area (Å²) in [7, 11) is 0. The minimum absolute atomic E-state index is 0.122. The molecule has 30 heavy (non-hydrogen) atoms. The number of carbonyl (C=O) groups excluding carboxylic acids is 1. The fourth-order valence-corrected chi connectivity index (χ4v) is 3.40. The third-order valence-electron chi connectivity index (χ3n) is 4.91. The van der Waals surface area contributed by atoms with E-state index in [1.807, 2.05) is 0 Å². The lowest BCUT2D eigenvalue weighted by Crippen LogP contribution is -2.43. The molecule has 1 atom stereocenters. The van der Waals surface area contributed by atoms with Crippen LogP contribution < -0.4 is 10.1 Å². The Balaban J connectivity index is 1.76. The maximum Gasteiger partial charge on any atom is 0.311 e. The topological polar surface area (TPSA) is 93.9 Å². The molecule has 0 saturated carbocycles. The summed E-state index contributed by atoms with van der Waals surface area (Å²) in [4.78, 5) is 25.6. The van der Waals surface area contributed by atoms with Crippen molar-refractivity contribution in [3.05, 3.63) is 69.5 Å². The number of carbonyl (C=O) groups is 1. The summed E-state index contributed by atoms with van der Waals surface area (Å²) < 4.78 is 24.0. The van der Waals surface area contributed by atoms with Crippen LogP contribution in [0.4, 0.5) is 10.1 Å². The number of nitro benzene ring substituents is 1. The van der Waals surface area contributed by atoms with E-state index in [-0.39, 0.29) is 42.0 Å². The molecule has 0 radical (unpaired) electrons. The predicted molar refractivity (Wildman–Crippen MR) is 108 cm³/mol. The summed E-state index contributed by atoms with van der Waals surface area (Å²) in [6.07, 6.45) is 0. The van der Waals surface area contributed by atoms with E-state index in [2.05, 4.69) is 10.2 Å². The second-order valence-electron chi connectivity index (χ2n) is 6.80. The van der Waals surface area contributed by atoms with Crippen LogP contribution in [0.2, 0.25) is 0 Å². The lowest BCUT2D eigenvalue weighted by molar-refractivity contribution is -0.385. The Kier molecular flexibility index (Phi) is 7.31. The summed E-state index contributed by atoms with van der Waals surface area (Å²) in [6.45, 7) is 4.81. The van der Waals surface area contributed by atoms with Crippen LogP contribution in [0.15, 0.2) is 42.5 Å². The quantitative estimate of drug-likeness (QED) is 0.524. The Morgan fingerprint density at radius 2 is 1.97 bits per heavy atom. The molecule has 1 aliphatic rings. The summed E-state index contributed by atoms with van der Waals surface area (Å²) in [5.74, 6) is -0.636. The smallest absolute Gasteiger partial charge is 0.311 e. The average molecular weight is 417 g/mol. The number of nitro groups is 1. The highest BCUT2D eigenvalue weighted by Gasteiger charge is 2.24. The molecule has 0 aliphatic carbocycles. The molecule has 0 spiro atoms. The third kappa shape index (κ3) is 5.31. The van der Waals surface area contributed by atoms with E-state index in [0.717, 1.165) is 5.56 Å². The van der Waals surface area contributed by atoms with Gasteiger partial charge >= 0.3 is 5.69 Å². The van der Waals surface area contributed by atoms with Gasteiger partial charge in [0.15, 0.2) is 5.75 Å². The Hall–Kier alpha value is -3.04. The molecule has 8 nitrogen and oxygen atoms in total. The van der Waals surface area contributed by atoms with Crippen molar-refractivity contribution in [2.24, 2.45) is 0 Å². The van der Waals surface area contributed by atoms with Crippen LogP contribution in [0.5, 0.6) is 5.75 Å². The van der Waals surface area contributed by atoms with E-state index >= 15 is 0 Å². The average Bonchev–Trinajstić information content (AvgIpc) is 2.76. The molecule has 1 N–H and O–H groups in total. The number of rotatable bonds is 8. The van der Waals surface area contributed by atoms with E-state index in [1.165, 1.54) is 30.3 Å². The number of amides is 1. The molecule has 2 aromatic carbocycles. The van der Waals surface area contributed by atoms with Gasteiger partial charge in [-0.3, -0.25) is 19.8 Å². The van der Waals surface area contributed by atoms with E-state index in [9.17, 15) is 19.3 Å². The summed E-state index contributed by atoms with van der Waals surface area (Å²) in [5.41, 5.74) is 0.786. The maximum atomic E-state index is 13.3. The van der Waals surface area contributed by atoms with Crippen molar-refractivity contribution in [2.75, 3.05) is 39.5 Å². The monoisotopic (exact) mass is 417 g/mol. The zero-order chi connectivity index (χ0) is 21.5. The van der Waals surface area contributed by atoms with Gasteiger partial charge in [0.05, 0.1) is 30.8 Å². The number of ether oxygens (including phenoxy) is 2. The summed E-state index contributed by atoms with van der Waals surface area (Å²) in [6, 6.07) is 10.1. The Morgan fingerprint density at radius 1 is 1.27 bits per heavy atom. The fourth-order valence-electron chi connectivity index (χ4n) is 3.40. The minimum atomic E-state index is -0.573. The van der Waals surface area contributed by atoms with Crippen LogP contribution in [-0.2, 0) is 4.74 Å². The Labute approximate surface area is 173 Å². The molecule has 0 bridgehead atoms. The van der Waals surface area contributed by atoms with Gasteiger partial charge < -0.3 is 14.8 Å². The number of halogens is 1. The summed E-state index contributed by atoms with van der Waals surface area (Å²) in [5, 5.41) is 14.1.